The molecule has 2 amide bonds. The molecule has 0 aliphatic heterocycles. The van der Waals surface area contributed by atoms with Gasteiger partial charge < -0.3 is 10.6 Å². The molecule has 1 aromatic heterocycles. The summed E-state index contributed by atoms with van der Waals surface area (Å²) >= 11 is 0. The molecule has 0 spiro atoms. The van der Waals surface area contributed by atoms with E-state index >= 15 is 0 Å². The molecule has 0 fully saturated rings. The van der Waals surface area contributed by atoms with Crippen molar-refractivity contribution in [2.75, 3.05) is 10.6 Å². The van der Waals surface area contributed by atoms with E-state index < -0.39 is 0 Å². The number of rotatable bonds is 8. The quantitative estimate of drug-likeness (QED) is 0.612. The van der Waals surface area contributed by atoms with Gasteiger partial charge in [-0.05, 0) is 42.8 Å². The SMILES string of the molecule is CCCCC(=O)Nc1ccccc1-c1nnn(CC(=O)Nc2ccc(C)cc2)n1. The second kappa shape index (κ2) is 9.59. The molecule has 8 nitrogen and oxygen atoms in total. The van der Waals surface area contributed by atoms with E-state index in [1.807, 2.05) is 56.3 Å². The predicted octanol–water partition coefficient (Wildman–Crippen LogP) is 3.42. The zero-order valence-corrected chi connectivity index (χ0v) is 16.6. The third-order valence-electron chi connectivity index (χ3n) is 4.27. The Bertz CT molecular complexity index is 981. The number of aryl methyl sites for hydroxylation is 1. The van der Waals surface area contributed by atoms with E-state index in [4.69, 9.17) is 0 Å². The summed E-state index contributed by atoms with van der Waals surface area (Å²) in [6, 6.07) is 14.8. The number of carbonyl (C=O) groups is 2. The number of tetrazole rings is 1. The molecule has 0 aliphatic rings. The summed E-state index contributed by atoms with van der Waals surface area (Å²) in [6.45, 7) is 3.96. The molecular formula is C21H24N6O2. The van der Waals surface area contributed by atoms with Gasteiger partial charge in [-0.3, -0.25) is 9.59 Å². The van der Waals surface area contributed by atoms with Crippen molar-refractivity contribution >= 4 is 23.2 Å². The lowest BCUT2D eigenvalue weighted by molar-refractivity contribution is -0.117. The third-order valence-corrected chi connectivity index (χ3v) is 4.27. The molecule has 0 saturated heterocycles. The van der Waals surface area contributed by atoms with Crippen molar-refractivity contribution in [3.8, 4) is 11.4 Å². The van der Waals surface area contributed by atoms with Gasteiger partial charge in [-0.1, -0.05) is 43.2 Å². The normalized spacial score (nSPS) is 10.6. The molecule has 150 valence electrons. The van der Waals surface area contributed by atoms with Crippen LogP contribution in [-0.4, -0.2) is 32.0 Å². The zero-order valence-electron chi connectivity index (χ0n) is 16.6. The number of hydrogen-bond acceptors (Lipinski definition) is 5. The molecule has 2 N–H and O–H groups in total. The second-order valence-corrected chi connectivity index (χ2v) is 6.75. The number of unbranched alkanes of at least 4 members (excludes halogenated alkanes) is 1. The van der Waals surface area contributed by atoms with E-state index in [1.165, 1.54) is 4.80 Å². The maximum absolute atomic E-state index is 12.2. The molecule has 1 heterocycles. The van der Waals surface area contributed by atoms with Gasteiger partial charge in [0.15, 0.2) is 0 Å². The van der Waals surface area contributed by atoms with Crippen LogP contribution in [0.4, 0.5) is 11.4 Å². The maximum Gasteiger partial charge on any atom is 0.248 e. The van der Waals surface area contributed by atoms with Crippen LogP contribution in [0, 0.1) is 6.92 Å². The van der Waals surface area contributed by atoms with Crippen molar-refractivity contribution in [1.29, 1.82) is 0 Å². The molecule has 8 heteroatoms. The van der Waals surface area contributed by atoms with Gasteiger partial charge in [-0.2, -0.15) is 4.80 Å². The lowest BCUT2D eigenvalue weighted by Crippen LogP contribution is -2.20. The third kappa shape index (κ3) is 5.71. The highest BCUT2D eigenvalue weighted by atomic mass is 16.2. The number of carbonyl (C=O) groups excluding carboxylic acids is 2. The van der Waals surface area contributed by atoms with Crippen LogP contribution in [0.1, 0.15) is 31.7 Å². The van der Waals surface area contributed by atoms with Gasteiger partial charge >= 0.3 is 0 Å². The minimum Gasteiger partial charge on any atom is -0.325 e. The van der Waals surface area contributed by atoms with Crippen molar-refractivity contribution in [3.63, 3.8) is 0 Å². The molecule has 3 aromatic rings. The van der Waals surface area contributed by atoms with Gasteiger partial charge in [0.2, 0.25) is 17.6 Å². The predicted molar refractivity (Wildman–Crippen MR) is 111 cm³/mol. The smallest absolute Gasteiger partial charge is 0.248 e. The van der Waals surface area contributed by atoms with E-state index in [2.05, 4.69) is 26.0 Å². The van der Waals surface area contributed by atoms with Crippen LogP contribution in [0.15, 0.2) is 48.5 Å². The summed E-state index contributed by atoms with van der Waals surface area (Å²) < 4.78 is 0. The summed E-state index contributed by atoms with van der Waals surface area (Å²) in [5, 5.41) is 18.0. The number of amides is 2. The molecule has 0 unspecified atom stereocenters. The number of aromatic nitrogens is 4. The average Bonchev–Trinajstić information content (AvgIpc) is 3.16. The minimum absolute atomic E-state index is 0.0517. The molecule has 3 rings (SSSR count). The fourth-order valence-corrected chi connectivity index (χ4v) is 2.72. The standard InChI is InChI=1S/C21H24N6O2/c1-3-4-9-19(28)23-18-8-6-5-7-17(18)21-24-26-27(25-21)14-20(29)22-16-12-10-15(2)11-13-16/h5-8,10-13H,3-4,9,14H2,1-2H3,(H,22,29)(H,23,28). The first-order valence-electron chi connectivity index (χ1n) is 9.58. The first kappa shape index (κ1) is 20.2. The molecular weight excluding hydrogens is 368 g/mol. The first-order valence-corrected chi connectivity index (χ1v) is 9.58. The van der Waals surface area contributed by atoms with E-state index in [0.717, 1.165) is 18.4 Å². The molecule has 0 aliphatic carbocycles. The molecule has 0 bridgehead atoms. The number of hydrogen-bond donors (Lipinski definition) is 2. The van der Waals surface area contributed by atoms with Gasteiger partial charge in [0, 0.05) is 17.7 Å². The fourth-order valence-electron chi connectivity index (χ4n) is 2.72. The van der Waals surface area contributed by atoms with Crippen LogP contribution >= 0.6 is 0 Å². The molecule has 0 atom stereocenters. The lowest BCUT2D eigenvalue weighted by Gasteiger charge is -2.08. The minimum atomic E-state index is -0.251. The molecule has 2 aromatic carbocycles. The number of nitrogens with zero attached hydrogens (tertiary/aromatic N) is 4. The van der Waals surface area contributed by atoms with Crippen molar-refractivity contribution in [2.24, 2.45) is 0 Å². The Balaban J connectivity index is 1.67. The van der Waals surface area contributed by atoms with Crippen LogP contribution in [0.25, 0.3) is 11.4 Å². The lowest BCUT2D eigenvalue weighted by atomic mass is 10.1. The molecule has 29 heavy (non-hydrogen) atoms. The van der Waals surface area contributed by atoms with E-state index in [1.54, 1.807) is 6.07 Å². The van der Waals surface area contributed by atoms with Gasteiger partial charge in [0.25, 0.3) is 0 Å². The van der Waals surface area contributed by atoms with Crippen molar-refractivity contribution in [2.45, 2.75) is 39.7 Å². The highest BCUT2D eigenvalue weighted by Crippen LogP contribution is 2.24. The summed E-state index contributed by atoms with van der Waals surface area (Å²) in [5.41, 5.74) is 3.10. The van der Waals surface area contributed by atoms with Crippen LogP contribution in [0.2, 0.25) is 0 Å². The van der Waals surface area contributed by atoms with Gasteiger partial charge in [0.05, 0.1) is 5.69 Å². The number of anilines is 2. The first-order chi connectivity index (χ1) is 14.0. The Labute approximate surface area is 169 Å². The Morgan fingerprint density at radius 3 is 2.52 bits per heavy atom. The fraction of sp³-hybridized carbons (Fsp3) is 0.286. The van der Waals surface area contributed by atoms with E-state index in [0.29, 0.717) is 29.2 Å². The Kier molecular flexibility index (Phi) is 6.67. The summed E-state index contributed by atoms with van der Waals surface area (Å²) in [5.74, 6) is 0.0441. The Hall–Kier alpha value is -3.55. The van der Waals surface area contributed by atoms with Crippen molar-refractivity contribution < 1.29 is 9.59 Å². The maximum atomic E-state index is 12.2. The van der Waals surface area contributed by atoms with Crippen LogP contribution < -0.4 is 10.6 Å². The highest BCUT2D eigenvalue weighted by molar-refractivity contribution is 5.94. The summed E-state index contributed by atoms with van der Waals surface area (Å²) in [4.78, 5) is 25.5. The van der Waals surface area contributed by atoms with Crippen molar-refractivity contribution in [3.05, 3.63) is 54.1 Å². The van der Waals surface area contributed by atoms with Gasteiger partial charge in [0.1, 0.15) is 6.54 Å². The van der Waals surface area contributed by atoms with Crippen LogP contribution in [-0.2, 0) is 16.1 Å². The summed E-state index contributed by atoms with van der Waals surface area (Å²) in [7, 11) is 0. The topological polar surface area (TPSA) is 102 Å². The van der Waals surface area contributed by atoms with Crippen LogP contribution in [0.3, 0.4) is 0 Å². The monoisotopic (exact) mass is 392 g/mol. The van der Waals surface area contributed by atoms with Gasteiger partial charge in [-0.15, -0.1) is 10.2 Å². The van der Waals surface area contributed by atoms with E-state index in [-0.39, 0.29) is 18.4 Å². The number of nitrogens with one attached hydrogen (secondary N) is 2. The largest absolute Gasteiger partial charge is 0.325 e. The second-order valence-electron chi connectivity index (χ2n) is 6.75. The zero-order chi connectivity index (χ0) is 20.6. The Morgan fingerprint density at radius 2 is 1.76 bits per heavy atom. The van der Waals surface area contributed by atoms with E-state index in [9.17, 15) is 9.59 Å². The molecule has 0 radical (unpaired) electrons. The number of benzene rings is 2. The molecule has 0 saturated carbocycles. The van der Waals surface area contributed by atoms with Crippen molar-refractivity contribution in [1.82, 2.24) is 20.2 Å². The Morgan fingerprint density at radius 1 is 1.00 bits per heavy atom. The van der Waals surface area contributed by atoms with Gasteiger partial charge in [-0.25, -0.2) is 0 Å². The van der Waals surface area contributed by atoms with Crippen LogP contribution in [0.5, 0.6) is 0 Å². The summed E-state index contributed by atoms with van der Waals surface area (Å²) in [6.07, 6.45) is 2.25. The number of para-hydroxylation sites is 1. The average molecular weight is 392 g/mol. The highest BCUT2D eigenvalue weighted by Gasteiger charge is 2.14.